The first kappa shape index (κ1) is 10.8. The highest BCUT2D eigenvalue weighted by Gasteiger charge is 2.39. The van der Waals surface area contributed by atoms with Gasteiger partial charge in [-0.3, -0.25) is 9.80 Å². The Hall–Kier alpha value is -1.30. The molecule has 1 atom stereocenters. The Bertz CT molecular complexity index is 256. The SMILES string of the molecule is CCN1C(=O)N(C)C(O)N(CC)C1=O. The Labute approximate surface area is 82.7 Å². The molecule has 0 aromatic heterocycles. The molecule has 14 heavy (non-hydrogen) atoms. The number of hydrogen-bond donors (Lipinski definition) is 1. The third-order valence-electron chi connectivity index (χ3n) is 2.29. The Morgan fingerprint density at radius 3 is 2.21 bits per heavy atom. The van der Waals surface area contributed by atoms with Crippen molar-refractivity contribution in [3.05, 3.63) is 0 Å². The van der Waals surface area contributed by atoms with Gasteiger partial charge in [0.15, 0.2) is 0 Å². The minimum atomic E-state index is -1.15. The third-order valence-corrected chi connectivity index (χ3v) is 2.29. The molecule has 6 heteroatoms. The van der Waals surface area contributed by atoms with Gasteiger partial charge in [-0.05, 0) is 13.8 Å². The van der Waals surface area contributed by atoms with E-state index in [1.165, 1.54) is 11.9 Å². The topological polar surface area (TPSA) is 64.1 Å². The number of carbonyl (C=O) groups is 2. The minimum absolute atomic E-state index is 0.311. The molecule has 1 rings (SSSR count). The van der Waals surface area contributed by atoms with E-state index in [9.17, 15) is 14.7 Å². The van der Waals surface area contributed by atoms with Crippen molar-refractivity contribution in [2.75, 3.05) is 20.1 Å². The molecule has 1 aliphatic heterocycles. The highest BCUT2D eigenvalue weighted by atomic mass is 16.3. The van der Waals surface area contributed by atoms with E-state index in [1.807, 2.05) is 0 Å². The van der Waals surface area contributed by atoms with Crippen molar-refractivity contribution < 1.29 is 14.7 Å². The number of nitrogens with zero attached hydrogens (tertiary/aromatic N) is 3. The molecule has 0 saturated carbocycles. The number of rotatable bonds is 2. The first-order valence-electron chi connectivity index (χ1n) is 4.57. The second-order valence-corrected chi connectivity index (χ2v) is 3.05. The van der Waals surface area contributed by atoms with E-state index in [2.05, 4.69) is 0 Å². The maximum Gasteiger partial charge on any atom is 0.331 e. The molecular weight excluding hydrogens is 186 g/mol. The number of imide groups is 1. The number of aliphatic hydroxyl groups is 1. The fourth-order valence-electron chi connectivity index (χ4n) is 1.40. The van der Waals surface area contributed by atoms with Crippen LogP contribution in [0.15, 0.2) is 0 Å². The van der Waals surface area contributed by atoms with E-state index in [-0.39, 0.29) is 0 Å². The van der Waals surface area contributed by atoms with Crippen LogP contribution in [0.5, 0.6) is 0 Å². The lowest BCUT2D eigenvalue weighted by Crippen LogP contribution is -2.64. The number of carbonyl (C=O) groups excluding carboxylic acids is 2. The Kier molecular flexibility index (Phi) is 2.95. The zero-order valence-corrected chi connectivity index (χ0v) is 8.60. The number of urea groups is 2. The molecular formula is C8H15N3O3. The monoisotopic (exact) mass is 201 g/mol. The zero-order chi connectivity index (χ0) is 10.9. The van der Waals surface area contributed by atoms with Crippen LogP contribution >= 0.6 is 0 Å². The highest BCUT2D eigenvalue weighted by molar-refractivity contribution is 5.95. The summed E-state index contributed by atoms with van der Waals surface area (Å²) in [7, 11) is 1.46. The number of aliphatic hydroxyl groups excluding tert-OH is 1. The molecule has 1 aliphatic rings. The van der Waals surface area contributed by atoms with Gasteiger partial charge in [0.2, 0.25) is 6.35 Å². The average molecular weight is 201 g/mol. The summed E-state index contributed by atoms with van der Waals surface area (Å²) in [4.78, 5) is 26.5. The van der Waals surface area contributed by atoms with Crippen LogP contribution in [0.1, 0.15) is 13.8 Å². The molecule has 1 heterocycles. The molecule has 0 bridgehead atoms. The summed E-state index contributed by atoms with van der Waals surface area (Å²) in [6.07, 6.45) is -1.15. The number of amides is 4. The fraction of sp³-hybridized carbons (Fsp3) is 0.750. The van der Waals surface area contributed by atoms with Crippen LogP contribution in [0, 0.1) is 0 Å². The van der Waals surface area contributed by atoms with Gasteiger partial charge in [-0.1, -0.05) is 0 Å². The fourth-order valence-corrected chi connectivity index (χ4v) is 1.40. The molecule has 6 nitrogen and oxygen atoms in total. The third kappa shape index (κ3) is 1.41. The van der Waals surface area contributed by atoms with Crippen LogP contribution in [0.25, 0.3) is 0 Å². The van der Waals surface area contributed by atoms with E-state index in [4.69, 9.17) is 0 Å². The largest absolute Gasteiger partial charge is 0.356 e. The second-order valence-electron chi connectivity index (χ2n) is 3.05. The lowest BCUT2D eigenvalue weighted by atomic mass is 10.4. The molecule has 1 unspecified atom stereocenters. The van der Waals surface area contributed by atoms with E-state index in [0.29, 0.717) is 13.1 Å². The van der Waals surface area contributed by atoms with Crippen LogP contribution in [0.4, 0.5) is 9.59 Å². The Morgan fingerprint density at radius 2 is 1.79 bits per heavy atom. The van der Waals surface area contributed by atoms with E-state index < -0.39 is 18.4 Å². The standard InChI is InChI=1S/C8H15N3O3/c1-4-10-6(12)9(3)7(13)11(5-2)8(10)14/h6,12H,4-5H2,1-3H3. The van der Waals surface area contributed by atoms with Gasteiger partial charge < -0.3 is 5.11 Å². The van der Waals surface area contributed by atoms with Crippen LogP contribution in [-0.4, -0.2) is 58.4 Å². The predicted octanol–water partition coefficient (Wildman–Crippen LogP) is 0.0915. The summed E-state index contributed by atoms with van der Waals surface area (Å²) in [6.45, 7) is 4.15. The summed E-state index contributed by atoms with van der Waals surface area (Å²) in [5.74, 6) is 0. The van der Waals surface area contributed by atoms with Crippen molar-refractivity contribution in [3.8, 4) is 0 Å². The molecule has 80 valence electrons. The molecule has 0 aliphatic carbocycles. The quantitative estimate of drug-likeness (QED) is 0.688. The summed E-state index contributed by atoms with van der Waals surface area (Å²) in [5.41, 5.74) is 0. The Balaban J connectivity index is 2.94. The van der Waals surface area contributed by atoms with Crippen molar-refractivity contribution in [1.82, 2.24) is 14.7 Å². The lowest BCUT2D eigenvalue weighted by molar-refractivity contribution is -0.0803. The van der Waals surface area contributed by atoms with Crippen molar-refractivity contribution in [2.24, 2.45) is 0 Å². The van der Waals surface area contributed by atoms with Crippen LogP contribution in [-0.2, 0) is 0 Å². The molecule has 0 radical (unpaired) electrons. The van der Waals surface area contributed by atoms with Gasteiger partial charge in [-0.2, -0.15) is 0 Å². The van der Waals surface area contributed by atoms with Gasteiger partial charge in [0, 0.05) is 20.1 Å². The van der Waals surface area contributed by atoms with Crippen LogP contribution < -0.4 is 0 Å². The first-order chi connectivity index (χ1) is 6.54. The van der Waals surface area contributed by atoms with Crippen molar-refractivity contribution in [2.45, 2.75) is 20.2 Å². The van der Waals surface area contributed by atoms with Gasteiger partial charge >= 0.3 is 12.1 Å². The van der Waals surface area contributed by atoms with Crippen LogP contribution in [0.3, 0.4) is 0 Å². The highest BCUT2D eigenvalue weighted by Crippen LogP contribution is 2.15. The maximum absolute atomic E-state index is 11.6. The summed E-state index contributed by atoms with van der Waals surface area (Å²) >= 11 is 0. The lowest BCUT2D eigenvalue weighted by Gasteiger charge is -2.42. The van der Waals surface area contributed by atoms with Gasteiger partial charge in [-0.25, -0.2) is 14.5 Å². The minimum Gasteiger partial charge on any atom is -0.356 e. The number of hydrogen-bond acceptors (Lipinski definition) is 3. The van der Waals surface area contributed by atoms with Gasteiger partial charge in [0.05, 0.1) is 0 Å². The second kappa shape index (κ2) is 3.83. The Morgan fingerprint density at radius 1 is 1.21 bits per heavy atom. The van der Waals surface area contributed by atoms with E-state index in [1.54, 1.807) is 13.8 Å². The molecule has 1 fully saturated rings. The smallest absolute Gasteiger partial charge is 0.331 e. The molecule has 0 aromatic carbocycles. The zero-order valence-electron chi connectivity index (χ0n) is 8.60. The molecule has 0 aromatic rings. The van der Waals surface area contributed by atoms with Gasteiger partial charge in [0.25, 0.3) is 0 Å². The summed E-state index contributed by atoms with van der Waals surface area (Å²) in [6, 6.07) is -0.902. The predicted molar refractivity (Wildman–Crippen MR) is 49.3 cm³/mol. The van der Waals surface area contributed by atoms with Crippen molar-refractivity contribution in [3.63, 3.8) is 0 Å². The molecule has 1 saturated heterocycles. The molecule has 0 spiro atoms. The maximum atomic E-state index is 11.6. The van der Waals surface area contributed by atoms with Crippen LogP contribution in [0.2, 0.25) is 0 Å². The molecule has 1 N–H and O–H groups in total. The summed E-state index contributed by atoms with van der Waals surface area (Å²) < 4.78 is 0. The normalized spacial score (nSPS) is 23.4. The van der Waals surface area contributed by atoms with Gasteiger partial charge in [-0.15, -0.1) is 0 Å². The molecule has 4 amide bonds. The van der Waals surface area contributed by atoms with E-state index in [0.717, 1.165) is 9.80 Å². The first-order valence-corrected chi connectivity index (χ1v) is 4.57. The summed E-state index contributed by atoms with van der Waals surface area (Å²) in [5, 5.41) is 9.58. The average Bonchev–Trinajstić information content (AvgIpc) is 2.16. The van der Waals surface area contributed by atoms with Crippen molar-refractivity contribution >= 4 is 12.1 Å². The van der Waals surface area contributed by atoms with Gasteiger partial charge in [0.1, 0.15) is 0 Å². The van der Waals surface area contributed by atoms with E-state index >= 15 is 0 Å². The van der Waals surface area contributed by atoms with Crippen molar-refractivity contribution in [1.29, 1.82) is 0 Å².